The predicted molar refractivity (Wildman–Crippen MR) is 63.0 cm³/mol. The molecule has 1 aromatic heterocycles. The van der Waals surface area contributed by atoms with Gasteiger partial charge in [-0.05, 0) is 24.3 Å². The molecular weight excluding hydrogens is 267 g/mol. The largest absolute Gasteiger partial charge is 0.383 e. The molecule has 0 saturated carbocycles. The number of halogens is 4. The highest BCUT2D eigenvalue weighted by molar-refractivity contribution is 6.35. The SMILES string of the molecule is Nc1c(Cl)c(-c2ccc(F)cc2)nn1CC(F)F. The first-order chi connectivity index (χ1) is 8.49. The molecule has 0 aliphatic heterocycles. The Labute approximate surface area is 106 Å². The van der Waals surface area contributed by atoms with Crippen molar-refractivity contribution in [1.29, 1.82) is 0 Å². The molecule has 1 aromatic carbocycles. The van der Waals surface area contributed by atoms with Crippen LogP contribution in [0.4, 0.5) is 19.0 Å². The van der Waals surface area contributed by atoms with Crippen LogP contribution in [0.5, 0.6) is 0 Å². The van der Waals surface area contributed by atoms with Crippen LogP contribution < -0.4 is 5.73 Å². The van der Waals surface area contributed by atoms with E-state index in [0.717, 1.165) is 4.68 Å². The fraction of sp³-hybridized carbons (Fsp3) is 0.182. The van der Waals surface area contributed by atoms with Crippen molar-refractivity contribution in [3.05, 3.63) is 35.1 Å². The Bertz CT molecular complexity index is 551. The average molecular weight is 276 g/mol. The molecule has 2 rings (SSSR count). The van der Waals surface area contributed by atoms with Crippen LogP contribution in [0, 0.1) is 5.82 Å². The Morgan fingerprint density at radius 3 is 2.44 bits per heavy atom. The van der Waals surface area contributed by atoms with E-state index in [9.17, 15) is 13.2 Å². The second kappa shape index (κ2) is 4.89. The molecular formula is C11H9ClF3N3. The van der Waals surface area contributed by atoms with E-state index in [1.807, 2.05) is 0 Å². The van der Waals surface area contributed by atoms with Crippen LogP contribution in [-0.2, 0) is 6.54 Å². The van der Waals surface area contributed by atoms with Crippen LogP contribution in [0.2, 0.25) is 5.02 Å². The number of rotatable bonds is 3. The quantitative estimate of drug-likeness (QED) is 0.935. The number of nitrogens with two attached hydrogens (primary N) is 1. The highest BCUT2D eigenvalue weighted by atomic mass is 35.5. The molecule has 0 saturated heterocycles. The average Bonchev–Trinajstić information content (AvgIpc) is 2.58. The lowest BCUT2D eigenvalue weighted by Crippen LogP contribution is -2.10. The second-order valence-electron chi connectivity index (χ2n) is 3.63. The Hall–Kier alpha value is -1.69. The van der Waals surface area contributed by atoms with E-state index < -0.39 is 18.8 Å². The minimum Gasteiger partial charge on any atom is -0.383 e. The van der Waals surface area contributed by atoms with Crippen LogP contribution in [0.15, 0.2) is 24.3 Å². The van der Waals surface area contributed by atoms with Crippen LogP contribution in [0.25, 0.3) is 11.3 Å². The molecule has 0 unspecified atom stereocenters. The van der Waals surface area contributed by atoms with Gasteiger partial charge < -0.3 is 5.73 Å². The molecule has 96 valence electrons. The highest BCUT2D eigenvalue weighted by Gasteiger charge is 2.17. The van der Waals surface area contributed by atoms with Gasteiger partial charge in [0.25, 0.3) is 6.43 Å². The van der Waals surface area contributed by atoms with Crippen molar-refractivity contribution in [1.82, 2.24) is 9.78 Å². The molecule has 18 heavy (non-hydrogen) atoms. The van der Waals surface area contributed by atoms with Gasteiger partial charge in [-0.1, -0.05) is 11.6 Å². The molecule has 0 spiro atoms. The summed E-state index contributed by atoms with van der Waals surface area (Å²) >= 11 is 5.92. The fourth-order valence-corrected chi connectivity index (χ4v) is 1.76. The Balaban J connectivity index is 2.42. The Kier molecular flexibility index (Phi) is 3.47. The number of nitrogen functional groups attached to an aromatic ring is 1. The van der Waals surface area contributed by atoms with Gasteiger partial charge in [0.2, 0.25) is 0 Å². The minimum absolute atomic E-state index is 0.0312. The van der Waals surface area contributed by atoms with Crippen molar-refractivity contribution in [3.63, 3.8) is 0 Å². The summed E-state index contributed by atoms with van der Waals surface area (Å²) in [7, 11) is 0. The van der Waals surface area contributed by atoms with Crippen molar-refractivity contribution in [2.45, 2.75) is 13.0 Å². The maximum Gasteiger partial charge on any atom is 0.258 e. The zero-order valence-electron chi connectivity index (χ0n) is 9.08. The Morgan fingerprint density at radius 2 is 1.89 bits per heavy atom. The maximum atomic E-state index is 12.8. The number of aromatic nitrogens is 2. The van der Waals surface area contributed by atoms with Crippen molar-refractivity contribution < 1.29 is 13.2 Å². The molecule has 0 bridgehead atoms. The van der Waals surface area contributed by atoms with Gasteiger partial charge in [0.1, 0.15) is 28.9 Å². The third-order valence-corrected chi connectivity index (χ3v) is 2.73. The van der Waals surface area contributed by atoms with E-state index in [1.165, 1.54) is 24.3 Å². The van der Waals surface area contributed by atoms with Crippen molar-refractivity contribution in [3.8, 4) is 11.3 Å². The number of nitrogens with zero attached hydrogens (tertiary/aromatic N) is 2. The summed E-state index contributed by atoms with van der Waals surface area (Å²) < 4.78 is 38.3. The summed E-state index contributed by atoms with van der Waals surface area (Å²) in [4.78, 5) is 0. The molecule has 0 radical (unpaired) electrons. The van der Waals surface area contributed by atoms with Gasteiger partial charge in [-0.25, -0.2) is 17.9 Å². The molecule has 2 aromatic rings. The summed E-state index contributed by atoms with van der Waals surface area (Å²) in [5.41, 5.74) is 6.35. The van der Waals surface area contributed by atoms with Gasteiger partial charge in [0.05, 0.1) is 0 Å². The van der Waals surface area contributed by atoms with Crippen LogP contribution in [0.1, 0.15) is 0 Å². The smallest absolute Gasteiger partial charge is 0.258 e. The molecule has 0 amide bonds. The monoisotopic (exact) mass is 275 g/mol. The van der Waals surface area contributed by atoms with Gasteiger partial charge in [-0.15, -0.1) is 0 Å². The molecule has 7 heteroatoms. The number of anilines is 1. The molecule has 3 nitrogen and oxygen atoms in total. The summed E-state index contributed by atoms with van der Waals surface area (Å²) in [6.45, 7) is -0.632. The van der Waals surface area contributed by atoms with Crippen LogP contribution >= 0.6 is 11.6 Å². The Morgan fingerprint density at radius 1 is 1.28 bits per heavy atom. The second-order valence-corrected chi connectivity index (χ2v) is 4.01. The number of hydrogen-bond acceptors (Lipinski definition) is 2. The molecule has 0 aliphatic carbocycles. The molecule has 2 N–H and O–H groups in total. The summed E-state index contributed by atoms with van der Waals surface area (Å²) in [6, 6.07) is 5.37. The lowest BCUT2D eigenvalue weighted by Gasteiger charge is -2.01. The fourth-order valence-electron chi connectivity index (χ4n) is 1.52. The first kappa shape index (κ1) is 12.8. The predicted octanol–water partition coefficient (Wildman–Crippen LogP) is 3.19. The van der Waals surface area contributed by atoms with Gasteiger partial charge in [0, 0.05) is 5.56 Å². The third-order valence-electron chi connectivity index (χ3n) is 2.36. The zero-order valence-corrected chi connectivity index (χ0v) is 9.83. The van der Waals surface area contributed by atoms with Crippen molar-refractivity contribution in [2.75, 3.05) is 5.73 Å². The number of alkyl halides is 2. The van der Waals surface area contributed by atoms with E-state index in [4.69, 9.17) is 17.3 Å². The maximum absolute atomic E-state index is 12.8. The first-order valence-electron chi connectivity index (χ1n) is 5.05. The summed E-state index contributed by atoms with van der Waals surface area (Å²) in [5, 5.41) is 3.99. The molecule has 0 fully saturated rings. The third kappa shape index (κ3) is 2.43. The standard InChI is InChI=1S/C11H9ClF3N3/c12-9-10(6-1-3-7(13)4-2-6)17-18(11(9)16)5-8(14)15/h1-4,8H,5,16H2. The van der Waals surface area contributed by atoms with Gasteiger partial charge >= 0.3 is 0 Å². The van der Waals surface area contributed by atoms with E-state index in [0.29, 0.717) is 5.56 Å². The van der Waals surface area contributed by atoms with E-state index in [-0.39, 0.29) is 16.5 Å². The van der Waals surface area contributed by atoms with Crippen LogP contribution in [-0.4, -0.2) is 16.2 Å². The van der Waals surface area contributed by atoms with Gasteiger partial charge in [-0.3, -0.25) is 0 Å². The normalized spacial score (nSPS) is 11.2. The summed E-state index contributed by atoms with van der Waals surface area (Å²) in [6.07, 6.45) is -2.58. The van der Waals surface area contributed by atoms with E-state index in [1.54, 1.807) is 0 Å². The number of hydrogen-bond donors (Lipinski definition) is 1. The minimum atomic E-state index is -2.58. The van der Waals surface area contributed by atoms with Crippen molar-refractivity contribution in [2.24, 2.45) is 0 Å². The molecule has 1 heterocycles. The van der Waals surface area contributed by atoms with Gasteiger partial charge in [-0.2, -0.15) is 5.10 Å². The summed E-state index contributed by atoms with van der Waals surface area (Å²) in [5.74, 6) is -0.439. The van der Waals surface area contributed by atoms with Gasteiger partial charge in [0.15, 0.2) is 0 Å². The molecule has 0 atom stereocenters. The first-order valence-corrected chi connectivity index (χ1v) is 5.42. The zero-order chi connectivity index (χ0) is 13.3. The highest BCUT2D eigenvalue weighted by Crippen LogP contribution is 2.32. The lowest BCUT2D eigenvalue weighted by atomic mass is 10.1. The van der Waals surface area contributed by atoms with Crippen molar-refractivity contribution >= 4 is 17.4 Å². The van der Waals surface area contributed by atoms with E-state index >= 15 is 0 Å². The van der Waals surface area contributed by atoms with Crippen LogP contribution in [0.3, 0.4) is 0 Å². The lowest BCUT2D eigenvalue weighted by molar-refractivity contribution is 0.123. The molecule has 0 aliphatic rings. The topological polar surface area (TPSA) is 43.8 Å². The number of benzene rings is 1. The van der Waals surface area contributed by atoms with E-state index in [2.05, 4.69) is 5.10 Å².